The topological polar surface area (TPSA) is 81.7 Å². The van der Waals surface area contributed by atoms with Crippen molar-refractivity contribution in [3.05, 3.63) is 41.2 Å². The number of nitrogens with two attached hydrogens (primary N) is 1. The minimum atomic E-state index is -0.0202. The second-order valence-corrected chi connectivity index (χ2v) is 5.80. The van der Waals surface area contributed by atoms with Gasteiger partial charge in [0.15, 0.2) is 0 Å². The first-order valence-electron chi connectivity index (χ1n) is 7.28. The van der Waals surface area contributed by atoms with Crippen LogP contribution < -0.4 is 11.3 Å². The van der Waals surface area contributed by atoms with Crippen LogP contribution in [0.2, 0.25) is 0 Å². The number of rotatable bonds is 6. The Morgan fingerprint density at radius 3 is 2.67 bits per heavy atom. The van der Waals surface area contributed by atoms with Crippen molar-refractivity contribution in [3.8, 4) is 0 Å². The molecule has 0 aliphatic heterocycles. The molecule has 0 amide bonds. The lowest BCUT2D eigenvalue weighted by Crippen LogP contribution is -2.31. The fourth-order valence-corrected chi connectivity index (χ4v) is 2.45. The molecule has 21 heavy (non-hydrogen) atoms. The zero-order valence-corrected chi connectivity index (χ0v) is 13.2. The molecule has 6 heteroatoms. The molecule has 0 fully saturated rings. The molecule has 0 aromatic carbocycles. The molecule has 2 aromatic rings. The van der Waals surface area contributed by atoms with Crippen LogP contribution in [-0.4, -0.2) is 19.7 Å². The summed E-state index contributed by atoms with van der Waals surface area (Å²) in [5, 5.41) is 4.30. The van der Waals surface area contributed by atoms with Gasteiger partial charge in [-0.3, -0.25) is 16.3 Å². The van der Waals surface area contributed by atoms with E-state index in [1.54, 1.807) is 6.33 Å². The van der Waals surface area contributed by atoms with E-state index >= 15 is 0 Å². The molecule has 2 aromatic heterocycles. The van der Waals surface area contributed by atoms with Gasteiger partial charge < -0.3 is 0 Å². The Kier molecular flexibility index (Phi) is 5.03. The van der Waals surface area contributed by atoms with E-state index in [2.05, 4.69) is 40.4 Å². The summed E-state index contributed by atoms with van der Waals surface area (Å²) < 4.78 is 1.95. The lowest BCUT2D eigenvalue weighted by Gasteiger charge is -2.18. The van der Waals surface area contributed by atoms with E-state index in [1.165, 1.54) is 0 Å². The molecular formula is C15H24N6. The van der Waals surface area contributed by atoms with Crippen molar-refractivity contribution in [1.82, 2.24) is 25.2 Å². The SMILES string of the molecule is Cc1ccc(C(Cc2ncnn2CC(C)C)NN)c(C)n1. The van der Waals surface area contributed by atoms with E-state index in [0.29, 0.717) is 12.3 Å². The van der Waals surface area contributed by atoms with Gasteiger partial charge in [0.1, 0.15) is 12.2 Å². The predicted molar refractivity (Wildman–Crippen MR) is 82.3 cm³/mol. The highest BCUT2D eigenvalue weighted by molar-refractivity contribution is 5.25. The Bertz CT molecular complexity index is 590. The van der Waals surface area contributed by atoms with Crippen LogP contribution in [0.4, 0.5) is 0 Å². The zero-order chi connectivity index (χ0) is 15.4. The largest absolute Gasteiger partial charge is 0.271 e. The number of hydrogen-bond donors (Lipinski definition) is 2. The van der Waals surface area contributed by atoms with Gasteiger partial charge in [0, 0.05) is 24.4 Å². The second kappa shape index (κ2) is 6.78. The molecule has 1 unspecified atom stereocenters. The van der Waals surface area contributed by atoms with Gasteiger partial charge in [-0.1, -0.05) is 19.9 Å². The summed E-state index contributed by atoms with van der Waals surface area (Å²) in [7, 11) is 0. The molecule has 0 bridgehead atoms. The maximum Gasteiger partial charge on any atom is 0.138 e. The van der Waals surface area contributed by atoms with Gasteiger partial charge in [-0.2, -0.15) is 5.10 Å². The highest BCUT2D eigenvalue weighted by Gasteiger charge is 2.17. The van der Waals surface area contributed by atoms with Crippen LogP contribution in [0.15, 0.2) is 18.5 Å². The van der Waals surface area contributed by atoms with Crippen molar-refractivity contribution in [1.29, 1.82) is 0 Å². The lowest BCUT2D eigenvalue weighted by atomic mass is 10.0. The Morgan fingerprint density at radius 1 is 1.29 bits per heavy atom. The monoisotopic (exact) mass is 288 g/mol. The van der Waals surface area contributed by atoms with Crippen molar-refractivity contribution >= 4 is 0 Å². The van der Waals surface area contributed by atoms with Gasteiger partial charge in [-0.05, 0) is 31.4 Å². The zero-order valence-electron chi connectivity index (χ0n) is 13.2. The summed E-state index contributed by atoms with van der Waals surface area (Å²) in [6, 6.07) is 4.06. The average molecular weight is 288 g/mol. The van der Waals surface area contributed by atoms with Crippen LogP contribution in [0.1, 0.15) is 42.7 Å². The number of aromatic nitrogens is 4. The van der Waals surface area contributed by atoms with Crippen molar-refractivity contribution in [2.75, 3.05) is 0 Å². The van der Waals surface area contributed by atoms with Gasteiger partial charge in [0.05, 0.1) is 6.04 Å². The molecule has 2 rings (SSSR count). The molecule has 0 aliphatic carbocycles. The third kappa shape index (κ3) is 3.86. The van der Waals surface area contributed by atoms with Crippen LogP contribution in [0, 0.1) is 19.8 Å². The number of nitrogens with one attached hydrogen (secondary N) is 1. The van der Waals surface area contributed by atoms with Gasteiger partial charge >= 0.3 is 0 Å². The lowest BCUT2D eigenvalue weighted by molar-refractivity contribution is 0.446. The van der Waals surface area contributed by atoms with Gasteiger partial charge in [0.2, 0.25) is 0 Å². The van der Waals surface area contributed by atoms with Crippen molar-refractivity contribution in [2.24, 2.45) is 11.8 Å². The van der Waals surface area contributed by atoms with Crippen LogP contribution in [0.25, 0.3) is 0 Å². The maximum atomic E-state index is 5.74. The summed E-state index contributed by atoms with van der Waals surface area (Å²) in [6.07, 6.45) is 2.29. The molecule has 0 aliphatic rings. The van der Waals surface area contributed by atoms with Crippen LogP contribution >= 0.6 is 0 Å². The highest BCUT2D eigenvalue weighted by Crippen LogP contribution is 2.20. The molecule has 0 radical (unpaired) electrons. The molecule has 0 saturated carbocycles. The van der Waals surface area contributed by atoms with Crippen molar-refractivity contribution in [3.63, 3.8) is 0 Å². The summed E-state index contributed by atoms with van der Waals surface area (Å²) in [5.74, 6) is 7.21. The van der Waals surface area contributed by atoms with E-state index in [9.17, 15) is 0 Å². The first-order valence-corrected chi connectivity index (χ1v) is 7.28. The Morgan fingerprint density at radius 2 is 2.05 bits per heavy atom. The number of hydrazine groups is 1. The Hall–Kier alpha value is -1.79. The Balaban J connectivity index is 2.21. The minimum Gasteiger partial charge on any atom is -0.271 e. The van der Waals surface area contributed by atoms with Gasteiger partial charge in [-0.25, -0.2) is 9.67 Å². The highest BCUT2D eigenvalue weighted by atomic mass is 15.3. The quantitative estimate of drug-likeness (QED) is 0.624. The third-order valence-electron chi connectivity index (χ3n) is 3.46. The van der Waals surface area contributed by atoms with Crippen molar-refractivity contribution in [2.45, 2.75) is 46.7 Å². The predicted octanol–water partition coefficient (Wildman–Crippen LogP) is 1.69. The molecule has 1 atom stereocenters. The van der Waals surface area contributed by atoms with Crippen LogP contribution in [-0.2, 0) is 13.0 Å². The number of pyridine rings is 1. The second-order valence-electron chi connectivity index (χ2n) is 5.80. The van der Waals surface area contributed by atoms with Crippen LogP contribution in [0.3, 0.4) is 0 Å². The molecule has 0 spiro atoms. The number of aryl methyl sites for hydroxylation is 2. The summed E-state index contributed by atoms with van der Waals surface area (Å²) in [4.78, 5) is 8.87. The molecule has 2 heterocycles. The third-order valence-corrected chi connectivity index (χ3v) is 3.46. The van der Waals surface area contributed by atoms with Crippen LogP contribution in [0.5, 0.6) is 0 Å². The first-order chi connectivity index (χ1) is 10.0. The summed E-state index contributed by atoms with van der Waals surface area (Å²) in [6.45, 7) is 9.18. The standard InChI is InChI=1S/C15H24N6/c1-10(2)8-21-15(17-9-18-21)7-14(20-16)13-6-5-11(3)19-12(13)4/h5-6,9-10,14,20H,7-8,16H2,1-4H3. The first kappa shape index (κ1) is 15.6. The normalized spacial score (nSPS) is 12.9. The molecular weight excluding hydrogens is 264 g/mol. The fourth-order valence-electron chi connectivity index (χ4n) is 2.45. The summed E-state index contributed by atoms with van der Waals surface area (Å²) >= 11 is 0. The summed E-state index contributed by atoms with van der Waals surface area (Å²) in [5.41, 5.74) is 5.98. The smallest absolute Gasteiger partial charge is 0.138 e. The van der Waals surface area contributed by atoms with E-state index in [4.69, 9.17) is 5.84 Å². The average Bonchev–Trinajstić information content (AvgIpc) is 2.83. The minimum absolute atomic E-state index is 0.0202. The van der Waals surface area contributed by atoms with E-state index in [0.717, 1.165) is 29.3 Å². The van der Waals surface area contributed by atoms with Gasteiger partial charge in [-0.15, -0.1) is 0 Å². The fraction of sp³-hybridized carbons (Fsp3) is 0.533. The van der Waals surface area contributed by atoms with Gasteiger partial charge in [0.25, 0.3) is 0 Å². The number of hydrogen-bond acceptors (Lipinski definition) is 5. The molecule has 114 valence electrons. The Labute approximate surface area is 125 Å². The van der Waals surface area contributed by atoms with E-state index in [-0.39, 0.29) is 6.04 Å². The molecule has 0 saturated heterocycles. The molecule has 6 nitrogen and oxygen atoms in total. The molecule has 3 N–H and O–H groups in total. The maximum absolute atomic E-state index is 5.74. The van der Waals surface area contributed by atoms with E-state index in [1.807, 2.05) is 24.6 Å². The van der Waals surface area contributed by atoms with E-state index < -0.39 is 0 Å². The van der Waals surface area contributed by atoms with Crippen molar-refractivity contribution < 1.29 is 0 Å². The number of nitrogens with zero attached hydrogens (tertiary/aromatic N) is 4.